The second kappa shape index (κ2) is 10.6. The largest absolute Gasteiger partial charge is 0.353 e. The fraction of sp³-hybridized carbons (Fsp3) is 0.481. The molecule has 4 rings (SSSR count). The number of likely N-dealkylation sites (tertiary alicyclic amines) is 1. The Morgan fingerprint density at radius 1 is 1.09 bits per heavy atom. The van der Waals surface area contributed by atoms with Crippen LogP contribution in [-0.2, 0) is 20.9 Å². The Labute approximate surface area is 206 Å². The summed E-state index contributed by atoms with van der Waals surface area (Å²) in [4.78, 5) is 47.1. The molecule has 186 valence electrons. The van der Waals surface area contributed by atoms with Crippen molar-refractivity contribution < 1.29 is 19.1 Å². The predicted molar refractivity (Wildman–Crippen MR) is 131 cm³/mol. The highest BCUT2D eigenvalue weighted by atomic mass is 16.5. The van der Waals surface area contributed by atoms with E-state index < -0.39 is 11.8 Å². The number of amides is 3. The van der Waals surface area contributed by atoms with Gasteiger partial charge in [0.15, 0.2) is 0 Å². The number of hydrogen-bond donors (Lipinski definition) is 1. The fourth-order valence-corrected chi connectivity index (χ4v) is 4.79. The van der Waals surface area contributed by atoms with Crippen LogP contribution >= 0.6 is 0 Å². The lowest BCUT2D eigenvalue weighted by molar-refractivity contribution is -0.144. The third-order valence-corrected chi connectivity index (χ3v) is 6.78. The summed E-state index contributed by atoms with van der Waals surface area (Å²) < 4.78 is 6.25. The maximum Gasteiger partial charge on any atom is 0.256 e. The van der Waals surface area contributed by atoms with Crippen molar-refractivity contribution in [2.45, 2.75) is 58.3 Å². The molecule has 2 aliphatic rings. The van der Waals surface area contributed by atoms with Gasteiger partial charge in [-0.25, -0.2) is 0 Å². The molecule has 2 aliphatic heterocycles. The van der Waals surface area contributed by atoms with Gasteiger partial charge in [-0.2, -0.15) is 0 Å². The number of nitrogens with one attached hydrogen (secondary N) is 1. The zero-order valence-electron chi connectivity index (χ0n) is 20.7. The molecule has 0 saturated carbocycles. The molecule has 1 aromatic carbocycles. The number of carbonyl (C=O) groups is 3. The van der Waals surface area contributed by atoms with Gasteiger partial charge in [0.1, 0.15) is 11.8 Å². The monoisotopic (exact) mass is 478 g/mol. The SMILES string of the molecule is Cc1ccc(C(=O)N2C(C(=O)NCc3ccncc3)COC23CCN(C(=O)CC(C)C)CC3)cc1. The number of benzene rings is 1. The van der Waals surface area contributed by atoms with Crippen molar-refractivity contribution in [3.63, 3.8) is 0 Å². The van der Waals surface area contributed by atoms with Crippen LogP contribution in [0.1, 0.15) is 54.6 Å². The Bertz CT molecular complexity index is 1050. The highest BCUT2D eigenvalue weighted by Crippen LogP contribution is 2.38. The van der Waals surface area contributed by atoms with Gasteiger partial charge in [0.05, 0.1) is 6.61 Å². The van der Waals surface area contributed by atoms with E-state index >= 15 is 0 Å². The van der Waals surface area contributed by atoms with Gasteiger partial charge >= 0.3 is 0 Å². The minimum atomic E-state index is -0.907. The van der Waals surface area contributed by atoms with E-state index in [0.29, 0.717) is 44.5 Å². The molecular weight excluding hydrogens is 444 g/mol. The Hall–Kier alpha value is -3.26. The number of hydrogen-bond acceptors (Lipinski definition) is 5. The van der Waals surface area contributed by atoms with Crippen molar-refractivity contribution in [1.29, 1.82) is 0 Å². The summed E-state index contributed by atoms with van der Waals surface area (Å²) in [6.45, 7) is 7.48. The third-order valence-electron chi connectivity index (χ3n) is 6.78. The van der Waals surface area contributed by atoms with Gasteiger partial charge in [0.25, 0.3) is 5.91 Å². The van der Waals surface area contributed by atoms with Crippen molar-refractivity contribution >= 4 is 17.7 Å². The molecule has 1 atom stereocenters. The van der Waals surface area contributed by atoms with E-state index in [1.807, 2.05) is 49.9 Å². The van der Waals surface area contributed by atoms with Crippen LogP contribution in [0.5, 0.6) is 0 Å². The molecule has 1 spiro atoms. The first-order valence-electron chi connectivity index (χ1n) is 12.3. The first-order valence-corrected chi connectivity index (χ1v) is 12.3. The van der Waals surface area contributed by atoms with Gasteiger partial charge in [0.2, 0.25) is 11.8 Å². The number of pyridine rings is 1. The second-order valence-electron chi connectivity index (χ2n) is 9.87. The minimum absolute atomic E-state index is 0.121. The molecular formula is C27H34N4O4. The molecule has 1 aromatic heterocycles. The van der Waals surface area contributed by atoms with Crippen LogP contribution < -0.4 is 5.32 Å². The second-order valence-corrected chi connectivity index (χ2v) is 9.87. The normalized spacial score (nSPS) is 19.3. The van der Waals surface area contributed by atoms with E-state index in [1.54, 1.807) is 29.4 Å². The van der Waals surface area contributed by atoms with E-state index in [-0.39, 0.29) is 30.2 Å². The fourth-order valence-electron chi connectivity index (χ4n) is 4.79. The summed E-state index contributed by atoms with van der Waals surface area (Å²) in [6.07, 6.45) is 4.80. The van der Waals surface area contributed by atoms with Gasteiger partial charge in [-0.1, -0.05) is 31.5 Å². The minimum Gasteiger partial charge on any atom is -0.353 e. The lowest BCUT2D eigenvalue weighted by Crippen LogP contribution is -2.59. The number of piperidine rings is 1. The van der Waals surface area contributed by atoms with Crippen molar-refractivity contribution in [3.8, 4) is 0 Å². The Morgan fingerprint density at radius 3 is 2.37 bits per heavy atom. The summed E-state index contributed by atoms with van der Waals surface area (Å²) in [6, 6.07) is 10.3. The average molecular weight is 479 g/mol. The third kappa shape index (κ3) is 5.53. The van der Waals surface area contributed by atoms with E-state index in [2.05, 4.69) is 10.3 Å². The number of rotatable bonds is 6. The van der Waals surface area contributed by atoms with Crippen molar-refractivity contribution in [2.24, 2.45) is 5.92 Å². The molecule has 8 nitrogen and oxygen atoms in total. The van der Waals surface area contributed by atoms with E-state index in [1.165, 1.54) is 0 Å². The lowest BCUT2D eigenvalue weighted by Gasteiger charge is -2.44. The van der Waals surface area contributed by atoms with Gasteiger partial charge in [-0.05, 0) is 42.7 Å². The molecule has 2 fully saturated rings. The van der Waals surface area contributed by atoms with Crippen molar-refractivity contribution in [3.05, 3.63) is 65.5 Å². The molecule has 1 unspecified atom stereocenters. The van der Waals surface area contributed by atoms with Crippen LogP contribution in [0.4, 0.5) is 0 Å². The lowest BCUT2D eigenvalue weighted by atomic mass is 9.95. The maximum atomic E-state index is 13.8. The van der Waals surface area contributed by atoms with Gasteiger partial charge in [0, 0.05) is 56.9 Å². The first kappa shape index (κ1) is 24.9. The zero-order valence-corrected chi connectivity index (χ0v) is 20.7. The first-order chi connectivity index (χ1) is 16.8. The number of carbonyl (C=O) groups excluding carboxylic acids is 3. The molecule has 0 radical (unpaired) electrons. The Morgan fingerprint density at radius 2 is 1.74 bits per heavy atom. The summed E-state index contributed by atoms with van der Waals surface area (Å²) in [5, 5.41) is 2.95. The highest BCUT2D eigenvalue weighted by Gasteiger charge is 2.54. The molecule has 0 aliphatic carbocycles. The van der Waals surface area contributed by atoms with Crippen LogP contribution in [-0.4, -0.2) is 64.0 Å². The standard InChI is InChI=1S/C27H34N4O4/c1-19(2)16-24(32)30-14-10-27(11-15-30)31(26(34)22-6-4-20(3)5-7-22)23(18-35-27)25(33)29-17-21-8-12-28-13-9-21/h4-9,12-13,19,23H,10-11,14-18H2,1-3H3,(H,29,33). The Kier molecular flexibility index (Phi) is 7.50. The van der Waals surface area contributed by atoms with Crippen molar-refractivity contribution in [1.82, 2.24) is 20.1 Å². The molecule has 3 amide bonds. The van der Waals surface area contributed by atoms with E-state index in [9.17, 15) is 14.4 Å². The molecule has 1 N–H and O–H groups in total. The van der Waals surface area contributed by atoms with Gasteiger partial charge in [-0.15, -0.1) is 0 Å². The van der Waals surface area contributed by atoms with Crippen LogP contribution in [0, 0.1) is 12.8 Å². The van der Waals surface area contributed by atoms with Crippen LogP contribution in [0.2, 0.25) is 0 Å². The Balaban J connectivity index is 1.54. The van der Waals surface area contributed by atoms with Crippen molar-refractivity contribution in [2.75, 3.05) is 19.7 Å². The molecule has 2 aromatic rings. The number of aromatic nitrogens is 1. The number of ether oxygens (including phenoxy) is 1. The highest BCUT2D eigenvalue weighted by molar-refractivity contribution is 5.98. The van der Waals surface area contributed by atoms with E-state index in [4.69, 9.17) is 4.74 Å². The van der Waals surface area contributed by atoms with Crippen LogP contribution in [0.3, 0.4) is 0 Å². The summed E-state index contributed by atoms with van der Waals surface area (Å²) in [5.74, 6) is -0.0731. The maximum absolute atomic E-state index is 13.8. The van der Waals surface area contributed by atoms with E-state index in [0.717, 1.165) is 11.1 Å². The van der Waals surface area contributed by atoms with Gasteiger partial charge < -0.3 is 15.0 Å². The molecule has 8 heteroatoms. The summed E-state index contributed by atoms with van der Waals surface area (Å²) in [7, 11) is 0. The number of aryl methyl sites for hydroxylation is 1. The predicted octanol–water partition coefficient (Wildman–Crippen LogP) is 2.91. The van der Waals surface area contributed by atoms with Crippen LogP contribution in [0.15, 0.2) is 48.8 Å². The smallest absolute Gasteiger partial charge is 0.256 e. The number of nitrogens with zero attached hydrogens (tertiary/aromatic N) is 3. The molecule has 2 saturated heterocycles. The summed E-state index contributed by atoms with van der Waals surface area (Å²) >= 11 is 0. The topological polar surface area (TPSA) is 91.8 Å². The zero-order chi connectivity index (χ0) is 25.0. The summed E-state index contributed by atoms with van der Waals surface area (Å²) in [5.41, 5.74) is 1.59. The van der Waals surface area contributed by atoms with Crippen LogP contribution in [0.25, 0.3) is 0 Å². The average Bonchev–Trinajstić information content (AvgIpc) is 3.21. The molecule has 35 heavy (non-hydrogen) atoms. The quantitative estimate of drug-likeness (QED) is 0.689. The molecule has 3 heterocycles. The van der Waals surface area contributed by atoms with Gasteiger partial charge in [-0.3, -0.25) is 24.3 Å². The molecule has 0 bridgehead atoms.